The van der Waals surface area contributed by atoms with Crippen LogP contribution in [0.3, 0.4) is 0 Å². The molecule has 2 aromatic rings. The molecule has 2 aromatic carbocycles. The molecule has 1 N–H and O–H groups in total. The molecule has 0 heterocycles. The van der Waals surface area contributed by atoms with Crippen LogP contribution in [0.15, 0.2) is 48.5 Å². The number of hydrogen-bond acceptors (Lipinski definition) is 1. The molecular formula is C20H27N. The molecule has 0 fully saturated rings. The molecule has 0 saturated carbocycles. The van der Waals surface area contributed by atoms with Gasteiger partial charge in [0.2, 0.25) is 0 Å². The molecule has 1 nitrogen and oxygen atoms in total. The molecule has 21 heavy (non-hydrogen) atoms. The molecule has 0 unspecified atom stereocenters. The van der Waals surface area contributed by atoms with E-state index in [1.54, 1.807) is 0 Å². The quantitative estimate of drug-likeness (QED) is 0.659. The second-order valence-corrected chi connectivity index (χ2v) is 6.22. The maximum Gasteiger partial charge on any atom is 0.0384 e. The fourth-order valence-corrected chi connectivity index (χ4v) is 2.50. The van der Waals surface area contributed by atoms with Gasteiger partial charge in [0.05, 0.1) is 0 Å². The lowest BCUT2D eigenvalue weighted by molar-refractivity contribution is 0.647. The third kappa shape index (κ3) is 5.26. The van der Waals surface area contributed by atoms with Gasteiger partial charge in [0, 0.05) is 11.4 Å². The molecule has 0 spiro atoms. The van der Waals surface area contributed by atoms with Gasteiger partial charge in [-0.15, -0.1) is 0 Å². The molecule has 1 heteroatoms. The Morgan fingerprint density at radius 2 is 1.33 bits per heavy atom. The Kier molecular flexibility index (Phi) is 5.86. The summed E-state index contributed by atoms with van der Waals surface area (Å²) in [5, 5.41) is 3.47. The first-order chi connectivity index (χ1) is 10.2. The number of aryl methyl sites for hydroxylation is 1. The van der Waals surface area contributed by atoms with Crippen molar-refractivity contribution in [1.29, 1.82) is 0 Å². The predicted octanol–water partition coefficient (Wildman–Crippen LogP) is 5.97. The average Bonchev–Trinajstić information content (AvgIpc) is 2.48. The lowest BCUT2D eigenvalue weighted by atomic mass is 10.0. The summed E-state index contributed by atoms with van der Waals surface area (Å²) in [5.74, 6) is 0.708. The van der Waals surface area contributed by atoms with Crippen molar-refractivity contribution in [3.8, 4) is 0 Å². The third-order valence-electron chi connectivity index (χ3n) is 3.66. The second-order valence-electron chi connectivity index (χ2n) is 6.22. The summed E-state index contributed by atoms with van der Waals surface area (Å²) in [6, 6.07) is 17.6. The van der Waals surface area contributed by atoms with Gasteiger partial charge in [-0.2, -0.15) is 0 Å². The smallest absolute Gasteiger partial charge is 0.0384 e. The Morgan fingerprint density at radius 3 is 1.81 bits per heavy atom. The lowest BCUT2D eigenvalue weighted by Gasteiger charge is -2.09. The summed E-state index contributed by atoms with van der Waals surface area (Å²) in [4.78, 5) is 0. The van der Waals surface area contributed by atoms with Crippen LogP contribution in [0, 0.1) is 5.92 Å². The Hall–Kier alpha value is -1.76. The number of anilines is 2. The van der Waals surface area contributed by atoms with Crippen molar-refractivity contribution in [2.24, 2.45) is 5.92 Å². The third-order valence-corrected chi connectivity index (χ3v) is 3.66. The normalized spacial score (nSPS) is 10.9. The van der Waals surface area contributed by atoms with Crippen LogP contribution in [0.1, 0.15) is 44.7 Å². The minimum absolute atomic E-state index is 0.708. The summed E-state index contributed by atoms with van der Waals surface area (Å²) in [6.45, 7) is 6.75. The fourth-order valence-electron chi connectivity index (χ4n) is 2.50. The molecule has 0 radical (unpaired) electrons. The molecule has 0 atom stereocenters. The number of benzene rings is 2. The van der Waals surface area contributed by atoms with Crippen LogP contribution in [-0.4, -0.2) is 0 Å². The van der Waals surface area contributed by atoms with Crippen LogP contribution in [0.2, 0.25) is 0 Å². The minimum Gasteiger partial charge on any atom is -0.356 e. The van der Waals surface area contributed by atoms with E-state index in [1.807, 2.05) is 0 Å². The van der Waals surface area contributed by atoms with Crippen molar-refractivity contribution in [3.05, 3.63) is 59.7 Å². The maximum absolute atomic E-state index is 3.47. The number of nitrogens with one attached hydrogen (secondary N) is 1. The highest BCUT2D eigenvalue weighted by Crippen LogP contribution is 2.19. The van der Waals surface area contributed by atoms with Gasteiger partial charge in [-0.05, 0) is 60.6 Å². The summed E-state index contributed by atoms with van der Waals surface area (Å²) in [5.41, 5.74) is 5.15. The highest BCUT2D eigenvalue weighted by molar-refractivity contribution is 5.60. The van der Waals surface area contributed by atoms with Crippen molar-refractivity contribution in [2.75, 3.05) is 5.32 Å². The molecule has 0 aliphatic carbocycles. The van der Waals surface area contributed by atoms with E-state index in [1.165, 1.54) is 30.4 Å². The Labute approximate surface area is 129 Å². The van der Waals surface area contributed by atoms with Gasteiger partial charge in [-0.25, -0.2) is 0 Å². The van der Waals surface area contributed by atoms with Gasteiger partial charge >= 0.3 is 0 Å². The van der Waals surface area contributed by atoms with E-state index in [-0.39, 0.29) is 0 Å². The van der Waals surface area contributed by atoms with E-state index in [0.717, 1.165) is 17.8 Å². The van der Waals surface area contributed by atoms with E-state index >= 15 is 0 Å². The van der Waals surface area contributed by atoms with Crippen molar-refractivity contribution in [2.45, 2.75) is 46.5 Å². The Bertz CT molecular complexity index is 523. The van der Waals surface area contributed by atoms with Crippen LogP contribution >= 0.6 is 0 Å². The molecule has 112 valence electrons. The van der Waals surface area contributed by atoms with E-state index < -0.39 is 0 Å². The van der Waals surface area contributed by atoms with E-state index in [4.69, 9.17) is 0 Å². The molecule has 2 rings (SSSR count). The first kappa shape index (κ1) is 15.6. The topological polar surface area (TPSA) is 12.0 Å². The lowest BCUT2D eigenvalue weighted by Crippen LogP contribution is -1.95. The highest BCUT2D eigenvalue weighted by Gasteiger charge is 1.99. The first-order valence-corrected chi connectivity index (χ1v) is 8.12. The van der Waals surface area contributed by atoms with E-state index in [0.29, 0.717) is 5.92 Å². The summed E-state index contributed by atoms with van der Waals surface area (Å²) in [7, 11) is 0. The monoisotopic (exact) mass is 281 g/mol. The van der Waals surface area contributed by atoms with Gasteiger partial charge in [-0.3, -0.25) is 0 Å². The zero-order valence-corrected chi connectivity index (χ0v) is 13.5. The first-order valence-electron chi connectivity index (χ1n) is 8.12. The zero-order chi connectivity index (χ0) is 15.1. The molecule has 0 bridgehead atoms. The summed E-state index contributed by atoms with van der Waals surface area (Å²) in [6.07, 6.45) is 4.85. The molecule has 0 saturated heterocycles. The van der Waals surface area contributed by atoms with Gasteiger partial charge in [-0.1, -0.05) is 51.5 Å². The summed E-state index contributed by atoms with van der Waals surface area (Å²) < 4.78 is 0. The highest BCUT2D eigenvalue weighted by atomic mass is 14.9. The maximum atomic E-state index is 3.47. The van der Waals surface area contributed by atoms with Crippen LogP contribution in [0.5, 0.6) is 0 Å². The van der Waals surface area contributed by atoms with E-state index in [2.05, 4.69) is 74.6 Å². The number of hydrogen-bond donors (Lipinski definition) is 1. The van der Waals surface area contributed by atoms with Gasteiger partial charge in [0.1, 0.15) is 0 Å². The largest absolute Gasteiger partial charge is 0.356 e. The standard InChI is InChI=1S/C20H27N/c1-4-5-6-17-7-11-19(12-8-17)21-20-13-9-18(10-14-20)15-16(2)3/h7-14,16,21H,4-6,15H2,1-3H3. The van der Waals surface area contributed by atoms with E-state index in [9.17, 15) is 0 Å². The van der Waals surface area contributed by atoms with Crippen LogP contribution in [0.25, 0.3) is 0 Å². The van der Waals surface area contributed by atoms with Gasteiger partial charge in [0.15, 0.2) is 0 Å². The Morgan fingerprint density at radius 1 is 0.810 bits per heavy atom. The van der Waals surface area contributed by atoms with Crippen LogP contribution in [-0.2, 0) is 12.8 Å². The molecule has 0 aliphatic heterocycles. The zero-order valence-electron chi connectivity index (χ0n) is 13.5. The van der Waals surface area contributed by atoms with Crippen molar-refractivity contribution in [3.63, 3.8) is 0 Å². The fraction of sp³-hybridized carbons (Fsp3) is 0.400. The average molecular weight is 281 g/mol. The second kappa shape index (κ2) is 7.87. The number of rotatable bonds is 7. The number of unbranched alkanes of at least 4 members (excludes halogenated alkanes) is 1. The predicted molar refractivity (Wildman–Crippen MR) is 93.3 cm³/mol. The van der Waals surface area contributed by atoms with Crippen LogP contribution < -0.4 is 5.32 Å². The van der Waals surface area contributed by atoms with Crippen molar-refractivity contribution >= 4 is 11.4 Å². The Balaban J connectivity index is 1.94. The molecule has 0 aliphatic rings. The van der Waals surface area contributed by atoms with Crippen molar-refractivity contribution < 1.29 is 0 Å². The van der Waals surface area contributed by atoms with Gasteiger partial charge < -0.3 is 5.32 Å². The van der Waals surface area contributed by atoms with Crippen LogP contribution in [0.4, 0.5) is 11.4 Å². The minimum atomic E-state index is 0.708. The van der Waals surface area contributed by atoms with Gasteiger partial charge in [0.25, 0.3) is 0 Å². The molecule has 0 aromatic heterocycles. The molecule has 0 amide bonds. The SMILES string of the molecule is CCCCc1ccc(Nc2ccc(CC(C)C)cc2)cc1. The molecular weight excluding hydrogens is 254 g/mol. The van der Waals surface area contributed by atoms with Crippen molar-refractivity contribution in [1.82, 2.24) is 0 Å². The summed E-state index contributed by atoms with van der Waals surface area (Å²) >= 11 is 0.